The maximum absolute atomic E-state index is 11.2. The third-order valence-corrected chi connectivity index (χ3v) is 4.75. The molecule has 0 aliphatic carbocycles. The van der Waals surface area contributed by atoms with Crippen molar-refractivity contribution in [1.29, 1.82) is 0 Å². The summed E-state index contributed by atoms with van der Waals surface area (Å²) in [5, 5.41) is 13.7. The number of halogens is 2. The van der Waals surface area contributed by atoms with Crippen molar-refractivity contribution in [3.05, 3.63) is 28.2 Å². The number of aliphatic hydroxyl groups excluding tert-OH is 1. The van der Waals surface area contributed by atoms with Gasteiger partial charge in [0.15, 0.2) is 0 Å². The van der Waals surface area contributed by atoms with Crippen LogP contribution in [0.3, 0.4) is 0 Å². The second-order valence-electron chi connectivity index (χ2n) is 4.51. The predicted octanol–water partition coefficient (Wildman–Crippen LogP) is 2.09. The number of aliphatic hydroxyl groups is 1. The van der Waals surface area contributed by atoms with E-state index in [4.69, 9.17) is 27.9 Å². The summed E-state index contributed by atoms with van der Waals surface area (Å²) >= 11 is 11.7. The standard InChI is InChI=1S/C13H19Cl2NO3S/c1-9(20(2)18)6-16-7-10(17)8-19-11-3-4-12(14)13(15)5-11/h3-5,9-10,16-17H,6-8H2,1-2H3. The van der Waals surface area contributed by atoms with Crippen molar-refractivity contribution in [2.45, 2.75) is 18.3 Å². The zero-order valence-corrected chi connectivity index (χ0v) is 13.8. The monoisotopic (exact) mass is 339 g/mol. The van der Waals surface area contributed by atoms with Crippen LogP contribution in [0.15, 0.2) is 18.2 Å². The van der Waals surface area contributed by atoms with Gasteiger partial charge in [-0.1, -0.05) is 23.2 Å². The number of rotatable bonds is 8. The van der Waals surface area contributed by atoms with Crippen LogP contribution in [0, 0.1) is 0 Å². The Morgan fingerprint density at radius 1 is 1.35 bits per heavy atom. The fourth-order valence-electron chi connectivity index (χ4n) is 1.39. The Morgan fingerprint density at radius 2 is 2.05 bits per heavy atom. The molecule has 0 fully saturated rings. The van der Waals surface area contributed by atoms with E-state index in [1.54, 1.807) is 24.5 Å². The van der Waals surface area contributed by atoms with Crippen LogP contribution in [0.4, 0.5) is 0 Å². The third kappa shape index (κ3) is 6.41. The van der Waals surface area contributed by atoms with Crippen LogP contribution in [-0.4, -0.2) is 46.6 Å². The number of benzene rings is 1. The Kier molecular flexibility index (Phi) is 7.84. The fraction of sp³-hybridized carbons (Fsp3) is 0.538. The molecule has 0 amide bonds. The van der Waals surface area contributed by atoms with E-state index in [0.29, 0.717) is 28.9 Å². The van der Waals surface area contributed by atoms with Crippen LogP contribution in [-0.2, 0) is 10.8 Å². The maximum atomic E-state index is 11.2. The topological polar surface area (TPSA) is 58.6 Å². The molecular formula is C13H19Cl2NO3S. The lowest BCUT2D eigenvalue weighted by atomic mass is 10.3. The van der Waals surface area contributed by atoms with Gasteiger partial charge in [0, 0.05) is 41.5 Å². The third-order valence-electron chi connectivity index (χ3n) is 2.71. The number of ether oxygens (including phenoxy) is 1. The van der Waals surface area contributed by atoms with Crippen LogP contribution < -0.4 is 10.1 Å². The van der Waals surface area contributed by atoms with Gasteiger partial charge in [0.1, 0.15) is 18.5 Å². The highest BCUT2D eigenvalue weighted by Crippen LogP contribution is 2.26. The molecule has 3 unspecified atom stereocenters. The molecular weight excluding hydrogens is 321 g/mol. The first-order valence-corrected chi connectivity index (χ1v) is 8.56. The Balaban J connectivity index is 2.27. The zero-order chi connectivity index (χ0) is 15.1. The van der Waals surface area contributed by atoms with E-state index < -0.39 is 16.9 Å². The number of hydrogen-bond donors (Lipinski definition) is 2. The lowest BCUT2D eigenvalue weighted by Crippen LogP contribution is -2.36. The molecule has 20 heavy (non-hydrogen) atoms. The maximum Gasteiger partial charge on any atom is 0.121 e. The van der Waals surface area contributed by atoms with E-state index in [1.165, 1.54) is 0 Å². The van der Waals surface area contributed by atoms with Crippen molar-refractivity contribution in [3.8, 4) is 5.75 Å². The summed E-state index contributed by atoms with van der Waals surface area (Å²) in [5.74, 6) is 0.557. The van der Waals surface area contributed by atoms with Gasteiger partial charge >= 0.3 is 0 Å². The minimum Gasteiger partial charge on any atom is -0.491 e. The van der Waals surface area contributed by atoms with Crippen molar-refractivity contribution >= 4 is 34.0 Å². The van der Waals surface area contributed by atoms with Crippen molar-refractivity contribution < 1.29 is 14.1 Å². The molecule has 0 spiro atoms. The van der Waals surface area contributed by atoms with E-state index in [1.807, 2.05) is 6.92 Å². The van der Waals surface area contributed by atoms with E-state index in [9.17, 15) is 9.32 Å². The molecule has 114 valence electrons. The molecule has 0 aromatic heterocycles. The highest BCUT2D eigenvalue weighted by Gasteiger charge is 2.09. The Bertz CT molecular complexity index is 459. The molecule has 0 saturated carbocycles. The van der Waals surface area contributed by atoms with Crippen molar-refractivity contribution in [2.24, 2.45) is 0 Å². The van der Waals surface area contributed by atoms with Crippen LogP contribution in [0.1, 0.15) is 6.92 Å². The average Bonchev–Trinajstić information content (AvgIpc) is 2.40. The van der Waals surface area contributed by atoms with Gasteiger partial charge in [-0.25, -0.2) is 0 Å². The zero-order valence-electron chi connectivity index (χ0n) is 11.4. The summed E-state index contributed by atoms with van der Waals surface area (Å²) in [5.41, 5.74) is 0. The second-order valence-corrected chi connectivity index (χ2v) is 7.12. The van der Waals surface area contributed by atoms with E-state index >= 15 is 0 Å². The Labute approximate surface area is 131 Å². The van der Waals surface area contributed by atoms with Crippen LogP contribution in [0.2, 0.25) is 10.0 Å². The van der Waals surface area contributed by atoms with Gasteiger partial charge in [0.2, 0.25) is 0 Å². The molecule has 0 heterocycles. The lowest BCUT2D eigenvalue weighted by molar-refractivity contribution is 0.106. The first kappa shape index (κ1) is 17.7. The highest BCUT2D eigenvalue weighted by atomic mass is 35.5. The van der Waals surface area contributed by atoms with Crippen LogP contribution >= 0.6 is 23.2 Å². The molecule has 3 atom stereocenters. The molecule has 1 rings (SSSR count). The molecule has 0 saturated heterocycles. The molecule has 2 N–H and O–H groups in total. The molecule has 0 radical (unpaired) electrons. The van der Waals surface area contributed by atoms with Gasteiger partial charge in [-0.05, 0) is 19.1 Å². The molecule has 1 aromatic carbocycles. The lowest BCUT2D eigenvalue weighted by Gasteiger charge is -2.15. The van der Waals surface area contributed by atoms with E-state index in [-0.39, 0.29) is 11.9 Å². The minimum atomic E-state index is -0.866. The quantitative estimate of drug-likeness (QED) is 0.761. The minimum absolute atomic E-state index is 0.0539. The van der Waals surface area contributed by atoms with Crippen LogP contribution in [0.5, 0.6) is 5.75 Å². The number of nitrogens with one attached hydrogen (secondary N) is 1. The molecule has 0 bridgehead atoms. The Hall–Kier alpha value is -0.330. The number of hydrogen-bond acceptors (Lipinski definition) is 4. The van der Waals surface area contributed by atoms with Gasteiger partial charge in [0.05, 0.1) is 10.0 Å². The summed E-state index contributed by atoms with van der Waals surface area (Å²) in [6, 6.07) is 4.94. The first-order chi connectivity index (χ1) is 9.40. The van der Waals surface area contributed by atoms with Gasteiger partial charge in [0.25, 0.3) is 0 Å². The predicted molar refractivity (Wildman–Crippen MR) is 84.4 cm³/mol. The van der Waals surface area contributed by atoms with Gasteiger partial charge in [-0.2, -0.15) is 0 Å². The second kappa shape index (κ2) is 8.85. The van der Waals surface area contributed by atoms with E-state index in [2.05, 4.69) is 5.32 Å². The molecule has 0 aliphatic heterocycles. The van der Waals surface area contributed by atoms with Crippen LogP contribution in [0.25, 0.3) is 0 Å². The summed E-state index contributed by atoms with van der Waals surface area (Å²) in [6.45, 7) is 3.01. The summed E-state index contributed by atoms with van der Waals surface area (Å²) in [7, 11) is -0.866. The van der Waals surface area contributed by atoms with Crippen molar-refractivity contribution in [1.82, 2.24) is 5.32 Å². The molecule has 0 aliphatic rings. The molecule has 4 nitrogen and oxygen atoms in total. The normalized spacial score (nSPS) is 15.7. The van der Waals surface area contributed by atoms with Gasteiger partial charge in [-0.15, -0.1) is 0 Å². The molecule has 1 aromatic rings. The highest BCUT2D eigenvalue weighted by molar-refractivity contribution is 7.84. The first-order valence-electron chi connectivity index (χ1n) is 6.19. The average molecular weight is 340 g/mol. The van der Waals surface area contributed by atoms with Crippen molar-refractivity contribution in [3.63, 3.8) is 0 Å². The summed E-state index contributed by atoms with van der Waals surface area (Å²) < 4.78 is 16.6. The van der Waals surface area contributed by atoms with Gasteiger partial charge in [-0.3, -0.25) is 4.21 Å². The summed E-state index contributed by atoms with van der Waals surface area (Å²) in [6.07, 6.45) is 1.01. The largest absolute Gasteiger partial charge is 0.491 e. The smallest absolute Gasteiger partial charge is 0.121 e. The summed E-state index contributed by atoms with van der Waals surface area (Å²) in [4.78, 5) is 0. The van der Waals surface area contributed by atoms with Crippen molar-refractivity contribution in [2.75, 3.05) is 26.0 Å². The SMILES string of the molecule is CC(CNCC(O)COc1ccc(Cl)c(Cl)c1)S(C)=O. The van der Waals surface area contributed by atoms with E-state index in [0.717, 1.165) is 0 Å². The van der Waals surface area contributed by atoms with Gasteiger partial charge < -0.3 is 15.2 Å². The fourth-order valence-corrected chi connectivity index (χ4v) is 2.03. The molecule has 7 heteroatoms. The Morgan fingerprint density at radius 3 is 2.65 bits per heavy atom.